The molecule has 4 heterocycles. The van der Waals surface area contributed by atoms with E-state index in [4.69, 9.17) is 0 Å². The molecule has 8 heteroatoms. The van der Waals surface area contributed by atoms with Crippen molar-refractivity contribution in [3.63, 3.8) is 0 Å². The van der Waals surface area contributed by atoms with E-state index >= 15 is 0 Å². The average molecular weight is 473 g/mol. The molecular formula is C26H28N6OS. The van der Waals surface area contributed by atoms with Gasteiger partial charge in [0, 0.05) is 48.9 Å². The average Bonchev–Trinajstić information content (AvgIpc) is 3.43. The summed E-state index contributed by atoms with van der Waals surface area (Å²) in [5, 5.41) is 10.8. The summed E-state index contributed by atoms with van der Waals surface area (Å²) in [6.07, 6.45) is 7.63. The first-order valence-corrected chi connectivity index (χ1v) is 12.3. The predicted octanol–water partition coefficient (Wildman–Crippen LogP) is 4.84. The fourth-order valence-electron chi connectivity index (χ4n) is 4.26. The standard InChI is InChI=1S/C26H28N6OS/c1-16-10-19(22-8-9-27-26(31-22)30-21-14-29-32(3)15-21)5-4-18(16)6-7-23(33)25-12-20-13-28-17(2)11-24(20)34-25/h4-5,8-10,12,14-15,17,28H,6-7,11,13H2,1-3H3,(H,27,30,31). The van der Waals surface area contributed by atoms with E-state index in [-0.39, 0.29) is 5.78 Å². The summed E-state index contributed by atoms with van der Waals surface area (Å²) in [5.41, 5.74) is 6.35. The first kappa shape index (κ1) is 22.4. The molecule has 3 aromatic heterocycles. The van der Waals surface area contributed by atoms with E-state index in [1.165, 1.54) is 16.0 Å². The first-order chi connectivity index (χ1) is 16.4. The van der Waals surface area contributed by atoms with Crippen LogP contribution in [0.1, 0.15) is 44.6 Å². The maximum Gasteiger partial charge on any atom is 0.227 e. The number of rotatable bonds is 7. The Labute approximate surface area is 203 Å². The van der Waals surface area contributed by atoms with E-state index in [0.717, 1.165) is 46.8 Å². The highest BCUT2D eigenvalue weighted by Gasteiger charge is 2.20. The third-order valence-electron chi connectivity index (χ3n) is 6.18. The number of aromatic nitrogens is 4. The topological polar surface area (TPSA) is 84.7 Å². The minimum atomic E-state index is 0.234. The number of nitrogens with one attached hydrogen (secondary N) is 2. The maximum absolute atomic E-state index is 12.9. The zero-order valence-corrected chi connectivity index (χ0v) is 20.4. The lowest BCUT2D eigenvalue weighted by atomic mass is 9.98. The Morgan fingerprint density at radius 3 is 2.97 bits per heavy atom. The van der Waals surface area contributed by atoms with Crippen LogP contribution in [0.25, 0.3) is 11.3 Å². The molecule has 5 rings (SSSR count). The van der Waals surface area contributed by atoms with Gasteiger partial charge < -0.3 is 10.6 Å². The maximum atomic E-state index is 12.9. The van der Waals surface area contributed by atoms with Gasteiger partial charge in [-0.2, -0.15) is 5.10 Å². The molecule has 0 spiro atoms. The van der Waals surface area contributed by atoms with Gasteiger partial charge >= 0.3 is 0 Å². The van der Waals surface area contributed by atoms with Gasteiger partial charge in [0.25, 0.3) is 0 Å². The van der Waals surface area contributed by atoms with Gasteiger partial charge in [-0.15, -0.1) is 11.3 Å². The molecule has 1 aliphatic heterocycles. The van der Waals surface area contributed by atoms with Crippen molar-refractivity contribution in [2.75, 3.05) is 5.32 Å². The lowest BCUT2D eigenvalue weighted by molar-refractivity contribution is 0.0986. The molecule has 0 saturated carbocycles. The van der Waals surface area contributed by atoms with Gasteiger partial charge in [-0.3, -0.25) is 9.48 Å². The van der Waals surface area contributed by atoms with E-state index in [9.17, 15) is 4.79 Å². The minimum absolute atomic E-state index is 0.234. The van der Waals surface area contributed by atoms with Gasteiger partial charge in [0.2, 0.25) is 5.95 Å². The third-order valence-corrected chi connectivity index (χ3v) is 7.42. The van der Waals surface area contributed by atoms with E-state index in [1.54, 1.807) is 28.4 Å². The summed E-state index contributed by atoms with van der Waals surface area (Å²) >= 11 is 1.67. The van der Waals surface area contributed by atoms with Gasteiger partial charge in [-0.05, 0) is 61.6 Å². The van der Waals surface area contributed by atoms with Crippen LogP contribution < -0.4 is 10.6 Å². The Morgan fingerprint density at radius 1 is 1.29 bits per heavy atom. The number of carbonyl (C=O) groups excluding carboxylic acids is 1. The van der Waals surface area contributed by atoms with Crippen LogP contribution in [0, 0.1) is 6.92 Å². The highest BCUT2D eigenvalue weighted by Crippen LogP contribution is 2.29. The highest BCUT2D eigenvalue weighted by molar-refractivity contribution is 7.14. The minimum Gasteiger partial charge on any atom is -0.321 e. The SMILES string of the molecule is Cc1cc(-c2ccnc(Nc3cnn(C)c3)n2)ccc1CCC(=O)c1cc2c(s1)CC(C)NC2. The van der Waals surface area contributed by atoms with Crippen molar-refractivity contribution < 1.29 is 4.79 Å². The Bertz CT molecular complexity index is 1340. The van der Waals surface area contributed by atoms with Crippen molar-refractivity contribution in [1.29, 1.82) is 0 Å². The lowest BCUT2D eigenvalue weighted by Gasteiger charge is -2.19. The normalized spacial score (nSPS) is 15.2. The molecule has 1 atom stereocenters. The molecule has 0 bridgehead atoms. The van der Waals surface area contributed by atoms with E-state index < -0.39 is 0 Å². The number of fused-ring (bicyclic) bond motifs is 1. The number of ketones is 1. The second kappa shape index (κ2) is 9.48. The molecular weight excluding hydrogens is 444 g/mol. The van der Waals surface area contributed by atoms with Gasteiger partial charge in [0.05, 0.1) is 22.5 Å². The molecule has 4 aromatic rings. The van der Waals surface area contributed by atoms with Crippen molar-refractivity contribution in [2.45, 2.75) is 45.7 Å². The van der Waals surface area contributed by atoms with Crippen LogP contribution >= 0.6 is 11.3 Å². The fraction of sp³-hybridized carbons (Fsp3) is 0.308. The lowest BCUT2D eigenvalue weighted by Crippen LogP contribution is -2.31. The van der Waals surface area contributed by atoms with Crippen LogP contribution in [0.2, 0.25) is 0 Å². The third kappa shape index (κ3) is 4.93. The zero-order chi connectivity index (χ0) is 23.7. The summed E-state index contributed by atoms with van der Waals surface area (Å²) in [6.45, 7) is 5.15. The van der Waals surface area contributed by atoms with Gasteiger partial charge in [-0.1, -0.05) is 12.1 Å². The molecule has 1 unspecified atom stereocenters. The van der Waals surface area contributed by atoms with Crippen molar-refractivity contribution in [1.82, 2.24) is 25.1 Å². The molecule has 0 radical (unpaired) electrons. The highest BCUT2D eigenvalue weighted by atomic mass is 32.1. The summed E-state index contributed by atoms with van der Waals surface area (Å²) < 4.78 is 1.73. The molecule has 7 nitrogen and oxygen atoms in total. The van der Waals surface area contributed by atoms with Gasteiger partial charge in [0.1, 0.15) is 0 Å². The first-order valence-electron chi connectivity index (χ1n) is 11.5. The Hall–Kier alpha value is -3.36. The Kier molecular flexibility index (Phi) is 6.26. The summed E-state index contributed by atoms with van der Waals surface area (Å²) in [7, 11) is 1.87. The van der Waals surface area contributed by atoms with Crippen LogP contribution in [-0.4, -0.2) is 31.6 Å². The molecule has 1 aromatic carbocycles. The van der Waals surface area contributed by atoms with Crippen LogP contribution in [0.5, 0.6) is 0 Å². The van der Waals surface area contributed by atoms with E-state index in [0.29, 0.717) is 18.4 Å². The van der Waals surface area contributed by atoms with Crippen molar-refractivity contribution in [3.8, 4) is 11.3 Å². The van der Waals surface area contributed by atoms with Gasteiger partial charge in [0.15, 0.2) is 5.78 Å². The van der Waals surface area contributed by atoms with E-state index in [2.05, 4.69) is 63.8 Å². The zero-order valence-electron chi connectivity index (χ0n) is 19.6. The van der Waals surface area contributed by atoms with Gasteiger partial charge in [-0.25, -0.2) is 9.97 Å². The second-order valence-corrected chi connectivity index (χ2v) is 10.0. The number of hydrogen-bond donors (Lipinski definition) is 2. The monoisotopic (exact) mass is 472 g/mol. The van der Waals surface area contributed by atoms with Crippen LogP contribution in [0.15, 0.2) is 48.9 Å². The second-order valence-electron chi connectivity index (χ2n) is 8.90. The number of Topliss-reactive ketones (excluding diaryl/α,β-unsaturated/α-hetero) is 1. The molecule has 0 fully saturated rings. The van der Waals surface area contributed by atoms with Crippen LogP contribution in [0.4, 0.5) is 11.6 Å². The van der Waals surface area contributed by atoms with Crippen molar-refractivity contribution in [3.05, 3.63) is 75.4 Å². The number of carbonyl (C=O) groups is 1. The Morgan fingerprint density at radius 2 is 2.18 bits per heavy atom. The molecule has 1 aliphatic rings. The van der Waals surface area contributed by atoms with Crippen LogP contribution in [0.3, 0.4) is 0 Å². The number of thiophene rings is 1. The van der Waals surface area contributed by atoms with Crippen molar-refractivity contribution in [2.24, 2.45) is 7.05 Å². The molecule has 0 amide bonds. The van der Waals surface area contributed by atoms with E-state index in [1.807, 2.05) is 19.3 Å². The smallest absolute Gasteiger partial charge is 0.227 e. The Balaban J connectivity index is 1.25. The summed E-state index contributed by atoms with van der Waals surface area (Å²) in [5.74, 6) is 0.763. The molecule has 0 aliphatic carbocycles. The molecule has 0 saturated heterocycles. The molecule has 174 valence electrons. The van der Waals surface area contributed by atoms with Crippen molar-refractivity contribution >= 4 is 28.8 Å². The molecule has 2 N–H and O–H groups in total. The number of nitrogens with zero attached hydrogens (tertiary/aromatic N) is 4. The summed E-state index contributed by atoms with van der Waals surface area (Å²) in [6, 6.07) is 10.8. The largest absolute Gasteiger partial charge is 0.321 e. The molecule has 34 heavy (non-hydrogen) atoms. The predicted molar refractivity (Wildman–Crippen MR) is 136 cm³/mol. The fourth-order valence-corrected chi connectivity index (χ4v) is 5.54. The quantitative estimate of drug-likeness (QED) is 0.375. The van der Waals surface area contributed by atoms with Crippen LogP contribution in [-0.2, 0) is 26.4 Å². The summed E-state index contributed by atoms with van der Waals surface area (Å²) in [4.78, 5) is 24.1. The number of benzene rings is 1. The number of aryl methyl sites for hydroxylation is 3. The number of hydrogen-bond acceptors (Lipinski definition) is 7. The number of anilines is 2.